The Bertz CT molecular complexity index is 550. The average Bonchev–Trinajstić information content (AvgIpc) is 3.38. The van der Waals surface area contributed by atoms with Crippen molar-refractivity contribution in [2.45, 2.75) is 44.1 Å². The Balaban J connectivity index is 1.80. The summed E-state index contributed by atoms with van der Waals surface area (Å²) >= 11 is 1.93. The third kappa shape index (κ3) is 4.34. The number of benzene rings is 1. The first kappa shape index (κ1) is 16.5. The van der Waals surface area contributed by atoms with E-state index in [2.05, 4.69) is 0 Å². The van der Waals surface area contributed by atoms with Gasteiger partial charge in [-0.05, 0) is 61.0 Å². The molecule has 1 N–H and O–H groups in total. The number of rotatable bonds is 7. The molecule has 2 atom stereocenters. The Morgan fingerprint density at radius 3 is 2.78 bits per heavy atom. The number of hydrogen-bond donors (Lipinski definition) is 1. The van der Waals surface area contributed by atoms with E-state index in [9.17, 15) is 9.90 Å². The van der Waals surface area contributed by atoms with Gasteiger partial charge < -0.3 is 14.6 Å². The lowest BCUT2D eigenvalue weighted by Gasteiger charge is -2.25. The maximum Gasteiger partial charge on any atom is 0.303 e. The molecule has 2 fully saturated rings. The minimum atomic E-state index is -0.733. The van der Waals surface area contributed by atoms with Gasteiger partial charge in [-0.1, -0.05) is 6.07 Å². The molecular formula is C18H24O4S. The van der Waals surface area contributed by atoms with Crippen LogP contribution in [0, 0.1) is 5.92 Å². The summed E-state index contributed by atoms with van der Waals surface area (Å²) in [6.45, 7) is 0. The zero-order valence-electron chi connectivity index (χ0n) is 13.5. The van der Waals surface area contributed by atoms with Gasteiger partial charge in [-0.2, -0.15) is 11.8 Å². The highest BCUT2D eigenvalue weighted by atomic mass is 32.2. The van der Waals surface area contributed by atoms with Crippen molar-refractivity contribution in [1.82, 2.24) is 0 Å². The third-order valence-electron chi connectivity index (χ3n) is 4.61. The summed E-state index contributed by atoms with van der Waals surface area (Å²) in [6.07, 6.45) is 4.91. The van der Waals surface area contributed by atoms with Crippen LogP contribution in [-0.4, -0.2) is 35.8 Å². The van der Waals surface area contributed by atoms with Crippen LogP contribution in [0.15, 0.2) is 18.2 Å². The Kier molecular flexibility index (Phi) is 5.36. The molecule has 23 heavy (non-hydrogen) atoms. The molecule has 5 heteroatoms. The first-order chi connectivity index (χ1) is 11.2. The van der Waals surface area contributed by atoms with Gasteiger partial charge in [0.1, 0.15) is 6.10 Å². The fourth-order valence-electron chi connectivity index (χ4n) is 3.24. The maximum atomic E-state index is 11.2. The Morgan fingerprint density at radius 1 is 1.35 bits per heavy atom. The van der Waals surface area contributed by atoms with Gasteiger partial charge in [-0.15, -0.1) is 0 Å². The van der Waals surface area contributed by atoms with E-state index in [0.717, 1.165) is 42.1 Å². The highest BCUT2D eigenvalue weighted by Gasteiger charge is 2.34. The Labute approximate surface area is 141 Å². The molecule has 0 aromatic heterocycles. The van der Waals surface area contributed by atoms with Crippen molar-refractivity contribution in [3.8, 4) is 11.5 Å². The summed E-state index contributed by atoms with van der Waals surface area (Å²) in [4.78, 5) is 11.2. The Morgan fingerprint density at radius 2 is 2.17 bits per heavy atom. The van der Waals surface area contributed by atoms with Crippen LogP contribution in [-0.2, 0) is 4.79 Å². The van der Waals surface area contributed by atoms with Crippen molar-refractivity contribution < 1.29 is 19.4 Å². The monoisotopic (exact) mass is 336 g/mol. The SMILES string of the molecule is COc1ccc(C(CC(=O)O)C2CC2)cc1OC1CCCSC1. The normalized spacial score (nSPS) is 22.4. The number of thioether (sulfide) groups is 1. The fourth-order valence-corrected chi connectivity index (χ4v) is 4.28. The van der Waals surface area contributed by atoms with Crippen LogP contribution in [0.5, 0.6) is 11.5 Å². The van der Waals surface area contributed by atoms with Gasteiger partial charge in [0, 0.05) is 5.75 Å². The van der Waals surface area contributed by atoms with E-state index in [1.165, 1.54) is 12.2 Å². The van der Waals surface area contributed by atoms with Crippen LogP contribution in [0.2, 0.25) is 0 Å². The third-order valence-corrected chi connectivity index (χ3v) is 5.80. The standard InChI is InChI=1S/C18H24O4S/c1-21-16-7-6-13(15(10-18(19)20)12-4-5-12)9-17(16)22-14-3-2-8-23-11-14/h6-7,9,12,14-15H,2-5,8,10-11H2,1H3,(H,19,20). The molecule has 0 spiro atoms. The van der Waals surface area contributed by atoms with Crippen molar-refractivity contribution in [3.05, 3.63) is 23.8 Å². The van der Waals surface area contributed by atoms with Crippen molar-refractivity contribution >= 4 is 17.7 Å². The molecule has 3 rings (SSSR count). The van der Waals surface area contributed by atoms with E-state index in [1.807, 2.05) is 30.0 Å². The predicted octanol–water partition coefficient (Wildman–Crippen LogP) is 3.94. The van der Waals surface area contributed by atoms with E-state index in [1.54, 1.807) is 7.11 Å². The van der Waals surface area contributed by atoms with E-state index < -0.39 is 5.97 Å². The smallest absolute Gasteiger partial charge is 0.303 e. The molecule has 1 heterocycles. The quantitative estimate of drug-likeness (QED) is 0.817. The summed E-state index contributed by atoms with van der Waals surface area (Å²) in [5.41, 5.74) is 1.06. The lowest BCUT2D eigenvalue weighted by Crippen LogP contribution is -2.23. The van der Waals surface area contributed by atoms with Crippen LogP contribution in [0.3, 0.4) is 0 Å². The molecule has 1 aromatic rings. The summed E-state index contributed by atoms with van der Waals surface area (Å²) in [5, 5.41) is 9.19. The molecule has 1 aliphatic heterocycles. The average molecular weight is 336 g/mol. The molecule has 0 amide bonds. The van der Waals surface area contributed by atoms with Crippen LogP contribution >= 0.6 is 11.8 Å². The molecule has 126 valence electrons. The number of methoxy groups -OCH3 is 1. The Hall–Kier alpha value is -1.36. The molecule has 1 saturated heterocycles. The van der Waals surface area contributed by atoms with Crippen LogP contribution in [0.25, 0.3) is 0 Å². The van der Waals surface area contributed by atoms with Crippen LogP contribution in [0.1, 0.15) is 43.6 Å². The molecular weight excluding hydrogens is 312 g/mol. The summed E-state index contributed by atoms with van der Waals surface area (Å²) in [5.74, 6) is 3.55. The largest absolute Gasteiger partial charge is 0.493 e. The van der Waals surface area contributed by atoms with Gasteiger partial charge in [0.25, 0.3) is 0 Å². The van der Waals surface area contributed by atoms with Crippen molar-refractivity contribution in [2.75, 3.05) is 18.6 Å². The van der Waals surface area contributed by atoms with E-state index >= 15 is 0 Å². The second-order valence-corrected chi connectivity index (χ2v) is 7.56. The number of hydrogen-bond acceptors (Lipinski definition) is 4. The maximum absolute atomic E-state index is 11.2. The number of aliphatic carboxylic acids is 1. The fraction of sp³-hybridized carbons (Fsp3) is 0.611. The number of carboxylic acid groups (broad SMARTS) is 1. The molecule has 1 saturated carbocycles. The lowest BCUT2D eigenvalue weighted by molar-refractivity contribution is -0.137. The van der Waals surface area contributed by atoms with Crippen molar-refractivity contribution in [2.24, 2.45) is 5.92 Å². The molecule has 0 bridgehead atoms. The van der Waals surface area contributed by atoms with Gasteiger partial charge >= 0.3 is 5.97 Å². The first-order valence-electron chi connectivity index (χ1n) is 8.31. The summed E-state index contributed by atoms with van der Waals surface area (Å²) in [6, 6.07) is 5.91. The zero-order valence-corrected chi connectivity index (χ0v) is 14.3. The predicted molar refractivity (Wildman–Crippen MR) is 91.7 cm³/mol. The molecule has 0 radical (unpaired) electrons. The van der Waals surface area contributed by atoms with Crippen molar-refractivity contribution in [1.29, 1.82) is 0 Å². The second-order valence-electron chi connectivity index (χ2n) is 6.41. The molecule has 2 aliphatic rings. The van der Waals surface area contributed by atoms with E-state index in [-0.39, 0.29) is 18.4 Å². The molecule has 4 nitrogen and oxygen atoms in total. The highest BCUT2D eigenvalue weighted by Crippen LogP contribution is 2.46. The summed E-state index contributed by atoms with van der Waals surface area (Å²) in [7, 11) is 1.65. The van der Waals surface area contributed by atoms with Gasteiger partial charge in [0.05, 0.1) is 13.5 Å². The molecule has 2 unspecified atom stereocenters. The minimum absolute atomic E-state index is 0.0847. The van der Waals surface area contributed by atoms with E-state index in [4.69, 9.17) is 9.47 Å². The van der Waals surface area contributed by atoms with Gasteiger partial charge in [-0.3, -0.25) is 4.79 Å². The highest BCUT2D eigenvalue weighted by molar-refractivity contribution is 7.99. The van der Waals surface area contributed by atoms with E-state index in [0.29, 0.717) is 5.92 Å². The summed E-state index contributed by atoms with van der Waals surface area (Å²) < 4.78 is 11.6. The topological polar surface area (TPSA) is 55.8 Å². The minimum Gasteiger partial charge on any atom is -0.493 e. The molecule has 1 aromatic carbocycles. The second kappa shape index (κ2) is 7.47. The number of ether oxygens (including phenoxy) is 2. The number of carbonyl (C=O) groups is 1. The van der Waals surface area contributed by atoms with Gasteiger partial charge in [0.15, 0.2) is 11.5 Å². The lowest BCUT2D eigenvalue weighted by atomic mass is 9.91. The van der Waals surface area contributed by atoms with Gasteiger partial charge in [0.2, 0.25) is 0 Å². The zero-order chi connectivity index (χ0) is 16.2. The van der Waals surface area contributed by atoms with Crippen LogP contribution < -0.4 is 9.47 Å². The van der Waals surface area contributed by atoms with Gasteiger partial charge in [-0.25, -0.2) is 0 Å². The number of carboxylic acids is 1. The molecule has 1 aliphatic carbocycles. The van der Waals surface area contributed by atoms with Crippen LogP contribution in [0.4, 0.5) is 0 Å². The first-order valence-corrected chi connectivity index (χ1v) is 9.47. The van der Waals surface area contributed by atoms with Crippen molar-refractivity contribution in [3.63, 3.8) is 0 Å².